The number of nitrogens with one attached hydrogen (secondary N) is 1. The molecule has 0 aliphatic heterocycles. The molecule has 0 aliphatic carbocycles. The monoisotopic (exact) mass is 287 g/mol. The van der Waals surface area contributed by atoms with Crippen LogP contribution in [0.15, 0.2) is 42.7 Å². The maximum Gasteiger partial charge on any atom is 0.326 e. The summed E-state index contributed by atoms with van der Waals surface area (Å²) >= 11 is 0. The smallest absolute Gasteiger partial charge is 0.326 e. The summed E-state index contributed by atoms with van der Waals surface area (Å²) in [4.78, 5) is 22.7. The third-order valence-corrected chi connectivity index (χ3v) is 3.06. The molecular formula is C15H17N3O3. The fourth-order valence-corrected chi connectivity index (χ4v) is 1.94. The molecule has 1 aromatic heterocycles. The molecule has 1 aromatic carbocycles. The van der Waals surface area contributed by atoms with Gasteiger partial charge in [-0.2, -0.15) is 5.10 Å². The second kappa shape index (κ2) is 6.69. The van der Waals surface area contributed by atoms with Gasteiger partial charge in [-0.05, 0) is 24.1 Å². The molecular weight excluding hydrogens is 270 g/mol. The summed E-state index contributed by atoms with van der Waals surface area (Å²) in [6, 6.07) is 8.70. The number of carbonyl (C=O) groups is 2. The highest BCUT2D eigenvalue weighted by Crippen LogP contribution is 2.08. The van der Waals surface area contributed by atoms with Crippen LogP contribution in [0, 0.1) is 0 Å². The molecule has 1 heterocycles. The van der Waals surface area contributed by atoms with Crippen LogP contribution in [-0.4, -0.2) is 32.8 Å². The molecule has 0 saturated carbocycles. The third kappa shape index (κ3) is 3.92. The number of hydrogen-bond donors (Lipinski definition) is 2. The summed E-state index contributed by atoms with van der Waals surface area (Å²) in [6.45, 7) is 1.71. The van der Waals surface area contributed by atoms with Crippen LogP contribution in [0.25, 0.3) is 5.69 Å². The quantitative estimate of drug-likeness (QED) is 0.841. The van der Waals surface area contributed by atoms with Crippen LogP contribution in [0.3, 0.4) is 0 Å². The lowest BCUT2D eigenvalue weighted by Crippen LogP contribution is -2.40. The van der Waals surface area contributed by atoms with E-state index < -0.39 is 12.0 Å². The first-order valence-electron chi connectivity index (χ1n) is 6.71. The first kappa shape index (κ1) is 14.8. The lowest BCUT2D eigenvalue weighted by Gasteiger charge is -2.11. The van der Waals surface area contributed by atoms with Gasteiger partial charge in [-0.25, -0.2) is 9.48 Å². The number of aromatic nitrogens is 2. The van der Waals surface area contributed by atoms with Gasteiger partial charge in [-0.15, -0.1) is 0 Å². The summed E-state index contributed by atoms with van der Waals surface area (Å²) in [7, 11) is 0. The number of carbonyl (C=O) groups excluding carboxylic acids is 1. The van der Waals surface area contributed by atoms with Crippen molar-refractivity contribution in [2.24, 2.45) is 0 Å². The van der Waals surface area contributed by atoms with Gasteiger partial charge < -0.3 is 10.4 Å². The lowest BCUT2D eigenvalue weighted by atomic mass is 10.2. The largest absolute Gasteiger partial charge is 0.480 e. The van der Waals surface area contributed by atoms with Crippen molar-refractivity contribution in [3.05, 3.63) is 48.3 Å². The molecule has 2 aromatic rings. The van der Waals surface area contributed by atoms with Crippen molar-refractivity contribution < 1.29 is 14.7 Å². The third-order valence-electron chi connectivity index (χ3n) is 3.06. The number of carboxylic acid groups (broad SMARTS) is 1. The predicted octanol–water partition coefficient (Wildman–Crippen LogP) is 1.39. The SMILES string of the molecule is CCC(NC(=O)Cc1cnn(-c2ccccc2)c1)C(=O)O. The van der Waals surface area contributed by atoms with Gasteiger partial charge in [0.05, 0.1) is 18.3 Å². The van der Waals surface area contributed by atoms with Gasteiger partial charge in [-0.1, -0.05) is 25.1 Å². The van der Waals surface area contributed by atoms with E-state index >= 15 is 0 Å². The number of rotatable bonds is 6. The van der Waals surface area contributed by atoms with Crippen LogP contribution in [-0.2, 0) is 16.0 Å². The van der Waals surface area contributed by atoms with Crippen molar-refractivity contribution in [2.45, 2.75) is 25.8 Å². The van der Waals surface area contributed by atoms with E-state index in [2.05, 4.69) is 10.4 Å². The Bertz CT molecular complexity index is 622. The molecule has 1 amide bonds. The first-order valence-corrected chi connectivity index (χ1v) is 6.71. The number of benzene rings is 1. The highest BCUT2D eigenvalue weighted by Gasteiger charge is 2.17. The molecule has 110 valence electrons. The maximum atomic E-state index is 11.8. The molecule has 0 bridgehead atoms. The fourth-order valence-electron chi connectivity index (χ4n) is 1.94. The summed E-state index contributed by atoms with van der Waals surface area (Å²) < 4.78 is 1.68. The van der Waals surface area contributed by atoms with Crippen LogP contribution in [0.1, 0.15) is 18.9 Å². The Morgan fingerprint density at radius 1 is 1.33 bits per heavy atom. The molecule has 2 N–H and O–H groups in total. The van der Waals surface area contributed by atoms with Crippen LogP contribution in [0.4, 0.5) is 0 Å². The molecule has 0 spiro atoms. The van der Waals surface area contributed by atoms with E-state index in [4.69, 9.17) is 5.11 Å². The summed E-state index contributed by atoms with van der Waals surface area (Å²) in [5, 5.41) is 15.6. The summed E-state index contributed by atoms with van der Waals surface area (Å²) in [5.74, 6) is -1.34. The normalized spacial score (nSPS) is 11.9. The Balaban J connectivity index is 1.99. The minimum Gasteiger partial charge on any atom is -0.480 e. The zero-order valence-electron chi connectivity index (χ0n) is 11.7. The van der Waals surface area contributed by atoms with Gasteiger partial charge in [0.25, 0.3) is 0 Å². The zero-order valence-corrected chi connectivity index (χ0v) is 11.7. The number of carboxylic acids is 1. The second-order valence-corrected chi connectivity index (χ2v) is 4.67. The van der Waals surface area contributed by atoms with E-state index in [1.807, 2.05) is 30.3 Å². The molecule has 21 heavy (non-hydrogen) atoms. The van der Waals surface area contributed by atoms with Crippen molar-refractivity contribution in [3.63, 3.8) is 0 Å². The number of amides is 1. The van der Waals surface area contributed by atoms with Crippen molar-refractivity contribution >= 4 is 11.9 Å². The highest BCUT2D eigenvalue weighted by molar-refractivity contribution is 5.84. The van der Waals surface area contributed by atoms with E-state index in [1.165, 1.54) is 0 Å². The van der Waals surface area contributed by atoms with Gasteiger partial charge in [-0.3, -0.25) is 4.79 Å². The minimum atomic E-state index is -1.02. The van der Waals surface area contributed by atoms with Crippen molar-refractivity contribution in [3.8, 4) is 5.69 Å². The van der Waals surface area contributed by atoms with E-state index in [9.17, 15) is 9.59 Å². The van der Waals surface area contributed by atoms with Gasteiger partial charge in [0, 0.05) is 6.20 Å². The summed E-state index contributed by atoms with van der Waals surface area (Å²) in [5.41, 5.74) is 1.64. The van der Waals surface area contributed by atoms with Crippen molar-refractivity contribution in [1.82, 2.24) is 15.1 Å². The molecule has 6 nitrogen and oxygen atoms in total. The molecule has 6 heteroatoms. The first-order chi connectivity index (χ1) is 10.1. The fraction of sp³-hybridized carbons (Fsp3) is 0.267. The molecule has 0 saturated heterocycles. The van der Waals surface area contributed by atoms with Gasteiger partial charge >= 0.3 is 5.97 Å². The van der Waals surface area contributed by atoms with E-state index in [0.717, 1.165) is 11.3 Å². The molecule has 0 radical (unpaired) electrons. The van der Waals surface area contributed by atoms with E-state index in [1.54, 1.807) is 24.0 Å². The molecule has 1 unspecified atom stereocenters. The average Bonchev–Trinajstić information content (AvgIpc) is 2.93. The predicted molar refractivity (Wildman–Crippen MR) is 77.1 cm³/mol. The molecule has 0 fully saturated rings. The zero-order chi connectivity index (χ0) is 15.2. The van der Waals surface area contributed by atoms with E-state index in [-0.39, 0.29) is 12.3 Å². The Morgan fingerprint density at radius 2 is 2.05 bits per heavy atom. The lowest BCUT2D eigenvalue weighted by molar-refractivity contribution is -0.141. The van der Waals surface area contributed by atoms with Crippen molar-refractivity contribution in [1.29, 1.82) is 0 Å². The summed E-state index contributed by atoms with van der Waals surface area (Å²) in [6.07, 6.45) is 3.83. The Labute approximate surface area is 122 Å². The van der Waals surface area contributed by atoms with Crippen LogP contribution in [0.2, 0.25) is 0 Å². The molecule has 1 atom stereocenters. The number of hydrogen-bond acceptors (Lipinski definition) is 3. The number of nitrogens with zero attached hydrogens (tertiary/aromatic N) is 2. The number of aliphatic carboxylic acids is 1. The second-order valence-electron chi connectivity index (χ2n) is 4.67. The topological polar surface area (TPSA) is 84.2 Å². The van der Waals surface area contributed by atoms with Crippen LogP contribution < -0.4 is 5.32 Å². The van der Waals surface area contributed by atoms with Crippen molar-refractivity contribution in [2.75, 3.05) is 0 Å². The minimum absolute atomic E-state index is 0.108. The van der Waals surface area contributed by atoms with Gasteiger partial charge in [0.2, 0.25) is 5.91 Å². The maximum absolute atomic E-state index is 11.8. The van der Waals surface area contributed by atoms with Crippen LogP contribution >= 0.6 is 0 Å². The molecule has 0 aliphatic rings. The Morgan fingerprint density at radius 3 is 2.67 bits per heavy atom. The van der Waals surface area contributed by atoms with Crippen LogP contribution in [0.5, 0.6) is 0 Å². The Kier molecular flexibility index (Phi) is 4.71. The van der Waals surface area contributed by atoms with Gasteiger partial charge in [0.15, 0.2) is 0 Å². The van der Waals surface area contributed by atoms with E-state index in [0.29, 0.717) is 6.42 Å². The van der Waals surface area contributed by atoms with Gasteiger partial charge in [0.1, 0.15) is 6.04 Å². The number of para-hydroxylation sites is 1. The average molecular weight is 287 g/mol. The Hall–Kier alpha value is -2.63. The highest BCUT2D eigenvalue weighted by atomic mass is 16.4. The molecule has 2 rings (SSSR count). The standard InChI is InChI=1S/C15H17N3O3/c1-2-13(15(20)21)17-14(19)8-11-9-16-18(10-11)12-6-4-3-5-7-12/h3-7,9-10,13H,2,8H2,1H3,(H,17,19)(H,20,21).